The Bertz CT molecular complexity index is 473. The third kappa shape index (κ3) is 4.93. The lowest BCUT2D eigenvalue weighted by Crippen LogP contribution is -2.18. The molecule has 0 aromatic heterocycles. The molecule has 1 saturated carbocycles. The summed E-state index contributed by atoms with van der Waals surface area (Å²) < 4.78 is 11.2. The molecule has 1 aromatic carbocycles. The van der Waals surface area contributed by atoms with Crippen molar-refractivity contribution in [3.63, 3.8) is 0 Å². The van der Waals surface area contributed by atoms with Gasteiger partial charge in [-0.05, 0) is 25.3 Å². The second kappa shape index (κ2) is 7.88. The van der Waals surface area contributed by atoms with Gasteiger partial charge in [-0.1, -0.05) is 12.1 Å². The Morgan fingerprint density at radius 1 is 1.38 bits per heavy atom. The highest BCUT2D eigenvalue weighted by atomic mass is 16.5. The Morgan fingerprint density at radius 2 is 2.19 bits per heavy atom. The van der Waals surface area contributed by atoms with Gasteiger partial charge in [0.05, 0.1) is 13.7 Å². The standard InChI is InChI=1S/C16H24N2O3/c1-17-15(19)7-4-10-21-16-12(11-18-13-8-9-13)5-3-6-14(16)20-2/h3,5-6,13,18H,4,7-11H2,1-2H3,(H,17,19). The van der Waals surface area contributed by atoms with Crippen molar-refractivity contribution in [2.24, 2.45) is 0 Å². The number of carbonyl (C=O) groups is 1. The normalized spacial score (nSPS) is 13.8. The SMILES string of the molecule is CNC(=O)CCCOc1c(CNC2CC2)cccc1OC. The molecule has 0 atom stereocenters. The Hall–Kier alpha value is -1.75. The van der Waals surface area contributed by atoms with Crippen LogP contribution in [0, 0.1) is 0 Å². The first kappa shape index (κ1) is 15.6. The maximum atomic E-state index is 11.2. The van der Waals surface area contributed by atoms with Crippen molar-refractivity contribution < 1.29 is 14.3 Å². The van der Waals surface area contributed by atoms with Crippen LogP contribution in [-0.4, -0.2) is 32.7 Å². The van der Waals surface area contributed by atoms with Gasteiger partial charge in [-0.2, -0.15) is 0 Å². The first-order valence-electron chi connectivity index (χ1n) is 7.47. The minimum absolute atomic E-state index is 0.0363. The van der Waals surface area contributed by atoms with Gasteiger partial charge in [0.2, 0.25) is 5.91 Å². The van der Waals surface area contributed by atoms with Crippen LogP contribution in [-0.2, 0) is 11.3 Å². The predicted molar refractivity (Wildman–Crippen MR) is 81.7 cm³/mol. The lowest BCUT2D eigenvalue weighted by molar-refractivity contribution is -0.120. The highest BCUT2D eigenvalue weighted by Gasteiger charge is 2.21. The number of ether oxygens (including phenoxy) is 2. The number of benzene rings is 1. The van der Waals surface area contributed by atoms with Crippen LogP contribution in [0.15, 0.2) is 18.2 Å². The largest absolute Gasteiger partial charge is 0.493 e. The van der Waals surface area contributed by atoms with Gasteiger partial charge in [0.15, 0.2) is 11.5 Å². The second-order valence-corrected chi connectivity index (χ2v) is 5.23. The van der Waals surface area contributed by atoms with E-state index in [1.807, 2.05) is 18.2 Å². The molecule has 1 aliphatic carbocycles. The summed E-state index contributed by atoms with van der Waals surface area (Å²) in [4.78, 5) is 11.2. The van der Waals surface area contributed by atoms with Crippen LogP contribution < -0.4 is 20.1 Å². The van der Waals surface area contributed by atoms with E-state index in [4.69, 9.17) is 9.47 Å². The van der Waals surface area contributed by atoms with Crippen molar-refractivity contribution in [1.29, 1.82) is 0 Å². The third-order valence-electron chi connectivity index (χ3n) is 3.51. The van der Waals surface area contributed by atoms with Gasteiger partial charge < -0.3 is 20.1 Å². The molecular formula is C16H24N2O3. The van der Waals surface area contributed by atoms with Crippen LogP contribution in [0.4, 0.5) is 0 Å². The lowest BCUT2D eigenvalue weighted by atomic mass is 10.2. The summed E-state index contributed by atoms with van der Waals surface area (Å²) >= 11 is 0. The van der Waals surface area contributed by atoms with Crippen LogP contribution in [0.2, 0.25) is 0 Å². The average molecular weight is 292 g/mol. The summed E-state index contributed by atoms with van der Waals surface area (Å²) in [5, 5.41) is 6.09. The smallest absolute Gasteiger partial charge is 0.219 e. The monoisotopic (exact) mass is 292 g/mol. The Labute approximate surface area is 126 Å². The van der Waals surface area contributed by atoms with E-state index in [1.54, 1.807) is 14.2 Å². The van der Waals surface area contributed by atoms with Gasteiger partial charge in [-0.3, -0.25) is 4.79 Å². The van der Waals surface area contributed by atoms with Crippen molar-refractivity contribution in [3.05, 3.63) is 23.8 Å². The zero-order chi connectivity index (χ0) is 15.1. The molecular weight excluding hydrogens is 268 g/mol. The molecule has 1 fully saturated rings. The van der Waals surface area contributed by atoms with Crippen molar-refractivity contribution in [2.75, 3.05) is 20.8 Å². The van der Waals surface area contributed by atoms with Crippen LogP contribution in [0.3, 0.4) is 0 Å². The van der Waals surface area contributed by atoms with E-state index in [0.717, 1.165) is 23.6 Å². The Morgan fingerprint density at radius 3 is 2.86 bits per heavy atom. The number of nitrogens with one attached hydrogen (secondary N) is 2. The maximum Gasteiger partial charge on any atom is 0.219 e. The summed E-state index contributed by atoms with van der Waals surface area (Å²) in [5.74, 6) is 1.56. The Balaban J connectivity index is 1.92. The fourth-order valence-corrected chi connectivity index (χ4v) is 2.10. The van der Waals surface area contributed by atoms with Gasteiger partial charge in [0.1, 0.15) is 0 Å². The zero-order valence-electron chi connectivity index (χ0n) is 12.8. The summed E-state index contributed by atoms with van der Waals surface area (Å²) in [5.41, 5.74) is 1.10. The third-order valence-corrected chi connectivity index (χ3v) is 3.51. The molecule has 0 unspecified atom stereocenters. The van der Waals surface area contributed by atoms with E-state index < -0.39 is 0 Å². The van der Waals surface area contributed by atoms with E-state index in [-0.39, 0.29) is 5.91 Å². The molecule has 116 valence electrons. The number of hydrogen-bond donors (Lipinski definition) is 2. The highest BCUT2D eigenvalue weighted by Crippen LogP contribution is 2.32. The van der Waals surface area contributed by atoms with Crippen molar-refractivity contribution in [3.8, 4) is 11.5 Å². The van der Waals surface area contributed by atoms with Crippen molar-refractivity contribution >= 4 is 5.91 Å². The zero-order valence-corrected chi connectivity index (χ0v) is 12.8. The van der Waals surface area contributed by atoms with E-state index in [2.05, 4.69) is 10.6 Å². The molecule has 0 bridgehead atoms. The molecule has 5 heteroatoms. The fourth-order valence-electron chi connectivity index (χ4n) is 2.10. The average Bonchev–Trinajstić information content (AvgIpc) is 3.33. The van der Waals surface area contributed by atoms with Crippen molar-refractivity contribution in [2.45, 2.75) is 38.3 Å². The van der Waals surface area contributed by atoms with Crippen LogP contribution >= 0.6 is 0 Å². The number of carbonyl (C=O) groups excluding carboxylic acids is 1. The van der Waals surface area contributed by atoms with Crippen LogP contribution in [0.25, 0.3) is 0 Å². The summed E-state index contributed by atoms with van der Waals surface area (Å²) in [6.07, 6.45) is 3.67. The molecule has 1 amide bonds. The molecule has 5 nitrogen and oxygen atoms in total. The van der Waals surface area contributed by atoms with Gasteiger partial charge in [0, 0.05) is 31.6 Å². The Kier molecular flexibility index (Phi) is 5.87. The molecule has 0 aliphatic heterocycles. The quantitative estimate of drug-likeness (QED) is 0.682. The molecule has 0 heterocycles. The molecule has 0 spiro atoms. The van der Waals surface area contributed by atoms with Gasteiger partial charge in [-0.25, -0.2) is 0 Å². The number of rotatable bonds is 9. The fraction of sp³-hybridized carbons (Fsp3) is 0.562. The van der Waals surface area contributed by atoms with E-state index in [1.165, 1.54) is 12.8 Å². The van der Waals surface area contributed by atoms with E-state index in [9.17, 15) is 4.79 Å². The number of hydrogen-bond acceptors (Lipinski definition) is 4. The molecule has 21 heavy (non-hydrogen) atoms. The van der Waals surface area contributed by atoms with Gasteiger partial charge in [0.25, 0.3) is 0 Å². The minimum Gasteiger partial charge on any atom is -0.493 e. The topological polar surface area (TPSA) is 59.6 Å². The first-order valence-corrected chi connectivity index (χ1v) is 7.47. The molecule has 2 rings (SSSR count). The summed E-state index contributed by atoms with van der Waals surface area (Å²) in [6, 6.07) is 6.57. The van der Waals surface area contributed by atoms with Crippen LogP contribution in [0.1, 0.15) is 31.2 Å². The number of methoxy groups -OCH3 is 1. The van der Waals surface area contributed by atoms with Gasteiger partial charge in [-0.15, -0.1) is 0 Å². The molecule has 2 N–H and O–H groups in total. The van der Waals surface area contributed by atoms with Crippen molar-refractivity contribution in [1.82, 2.24) is 10.6 Å². The lowest BCUT2D eigenvalue weighted by Gasteiger charge is -2.15. The molecule has 0 radical (unpaired) electrons. The van der Waals surface area contributed by atoms with Crippen LogP contribution in [0.5, 0.6) is 11.5 Å². The van der Waals surface area contributed by atoms with E-state index in [0.29, 0.717) is 25.5 Å². The van der Waals surface area contributed by atoms with Gasteiger partial charge >= 0.3 is 0 Å². The molecule has 0 saturated heterocycles. The first-order chi connectivity index (χ1) is 10.2. The summed E-state index contributed by atoms with van der Waals surface area (Å²) in [6.45, 7) is 1.29. The van der Waals surface area contributed by atoms with E-state index >= 15 is 0 Å². The maximum absolute atomic E-state index is 11.2. The summed E-state index contributed by atoms with van der Waals surface area (Å²) in [7, 11) is 3.29. The molecule has 1 aliphatic rings. The molecule has 1 aromatic rings. The second-order valence-electron chi connectivity index (χ2n) is 5.23. The predicted octanol–water partition coefficient (Wildman–Crippen LogP) is 1.85. The number of amides is 1. The number of para-hydroxylation sites is 1. The highest BCUT2D eigenvalue weighted by molar-refractivity contribution is 5.75. The minimum atomic E-state index is 0.0363.